The van der Waals surface area contributed by atoms with Crippen molar-refractivity contribution in [1.29, 1.82) is 0 Å². The van der Waals surface area contributed by atoms with Gasteiger partial charge in [0.15, 0.2) is 0 Å². The summed E-state index contributed by atoms with van der Waals surface area (Å²) in [6.45, 7) is 4.82. The number of hydrogen-bond acceptors (Lipinski definition) is 6. The number of nitrogens with zero attached hydrogens (tertiary/aromatic N) is 2. The van der Waals surface area contributed by atoms with Gasteiger partial charge < -0.3 is 19.7 Å². The number of rotatable bonds is 13. The Labute approximate surface area is 247 Å². The molecule has 1 N–H and O–H groups in total. The summed E-state index contributed by atoms with van der Waals surface area (Å²) in [7, 11) is -1.36. The number of ether oxygens (including phenoxy) is 2. The number of nitrogens with one attached hydrogen (secondary N) is 1. The van der Waals surface area contributed by atoms with Crippen LogP contribution >= 0.6 is 11.6 Å². The standard InChI is InChI=1S/C30H36ClN3O6S/c1-6-21(2)32-30(36)22(3)33(19-23-11-7-8-12-26(23)31)29(35)20-34(27-13-9-10-14-28(27)40-5)41(37,38)25-17-15-24(39-4)16-18-25/h7-18,21-22H,6,19-20H2,1-5H3,(H,32,36)/t21-,22-/m1/s1. The Morgan fingerprint density at radius 2 is 1.56 bits per heavy atom. The summed E-state index contributed by atoms with van der Waals surface area (Å²) >= 11 is 6.41. The highest BCUT2D eigenvalue weighted by atomic mass is 35.5. The fourth-order valence-electron chi connectivity index (χ4n) is 4.08. The topological polar surface area (TPSA) is 105 Å². The van der Waals surface area contributed by atoms with Crippen LogP contribution in [0.3, 0.4) is 0 Å². The van der Waals surface area contributed by atoms with Crippen LogP contribution in [-0.2, 0) is 26.2 Å². The molecule has 2 amide bonds. The van der Waals surface area contributed by atoms with E-state index in [0.29, 0.717) is 22.8 Å². The molecule has 0 aliphatic heterocycles. The van der Waals surface area contributed by atoms with E-state index in [1.165, 1.54) is 43.4 Å². The summed E-state index contributed by atoms with van der Waals surface area (Å²) in [6.07, 6.45) is 0.707. The van der Waals surface area contributed by atoms with Gasteiger partial charge in [-0.1, -0.05) is 48.9 Å². The molecule has 3 rings (SSSR count). The number of hydrogen-bond donors (Lipinski definition) is 1. The zero-order valence-electron chi connectivity index (χ0n) is 23.8. The van der Waals surface area contributed by atoms with E-state index in [4.69, 9.17) is 21.1 Å². The van der Waals surface area contributed by atoms with Crippen molar-refractivity contribution >= 4 is 39.1 Å². The van der Waals surface area contributed by atoms with Crippen molar-refractivity contribution in [2.75, 3.05) is 25.1 Å². The Kier molecular flexibility index (Phi) is 11.0. The summed E-state index contributed by atoms with van der Waals surface area (Å²) in [5.41, 5.74) is 0.793. The van der Waals surface area contributed by atoms with Gasteiger partial charge in [-0.25, -0.2) is 8.42 Å². The molecule has 0 spiro atoms. The first-order chi connectivity index (χ1) is 19.5. The molecule has 11 heteroatoms. The molecular weight excluding hydrogens is 566 g/mol. The molecular formula is C30H36ClN3O6S. The molecule has 2 atom stereocenters. The first kappa shape index (κ1) is 31.8. The molecule has 3 aromatic carbocycles. The normalized spacial score (nSPS) is 12.6. The van der Waals surface area contributed by atoms with Crippen molar-refractivity contribution in [2.24, 2.45) is 0 Å². The Bertz CT molecular complexity index is 1450. The van der Waals surface area contributed by atoms with Crippen molar-refractivity contribution in [3.63, 3.8) is 0 Å². The van der Waals surface area contributed by atoms with Crippen LogP contribution in [-0.4, -0.2) is 58.0 Å². The number of carbonyl (C=O) groups is 2. The summed E-state index contributed by atoms with van der Waals surface area (Å²) in [5.74, 6) is -0.213. The molecule has 0 unspecified atom stereocenters. The van der Waals surface area contributed by atoms with Gasteiger partial charge in [0.1, 0.15) is 24.1 Å². The zero-order chi connectivity index (χ0) is 30.2. The van der Waals surface area contributed by atoms with Crippen LogP contribution in [0.15, 0.2) is 77.7 Å². The van der Waals surface area contributed by atoms with E-state index in [9.17, 15) is 18.0 Å². The van der Waals surface area contributed by atoms with Gasteiger partial charge in [-0.3, -0.25) is 13.9 Å². The average molecular weight is 602 g/mol. The van der Waals surface area contributed by atoms with Crippen molar-refractivity contribution in [3.05, 3.63) is 83.4 Å². The second-order valence-electron chi connectivity index (χ2n) is 9.47. The van der Waals surface area contributed by atoms with Gasteiger partial charge in [-0.15, -0.1) is 0 Å². The third-order valence-corrected chi connectivity index (χ3v) is 8.89. The van der Waals surface area contributed by atoms with E-state index >= 15 is 0 Å². The third-order valence-electron chi connectivity index (χ3n) is 6.75. The van der Waals surface area contributed by atoms with Crippen molar-refractivity contribution < 1.29 is 27.5 Å². The lowest BCUT2D eigenvalue weighted by atomic mass is 10.1. The number of sulfonamides is 1. The van der Waals surface area contributed by atoms with E-state index in [1.54, 1.807) is 55.5 Å². The lowest BCUT2D eigenvalue weighted by Crippen LogP contribution is -2.52. The zero-order valence-corrected chi connectivity index (χ0v) is 25.4. The number of halogens is 1. The summed E-state index contributed by atoms with van der Waals surface area (Å²) in [5, 5.41) is 3.33. The number of carbonyl (C=O) groups excluding carboxylic acids is 2. The lowest BCUT2D eigenvalue weighted by molar-refractivity contribution is -0.139. The third kappa shape index (κ3) is 7.71. The number of amides is 2. The van der Waals surface area contributed by atoms with E-state index in [1.807, 2.05) is 13.8 Å². The van der Waals surface area contributed by atoms with Gasteiger partial charge in [-0.2, -0.15) is 0 Å². The van der Waals surface area contributed by atoms with Gasteiger partial charge in [0, 0.05) is 17.6 Å². The highest BCUT2D eigenvalue weighted by molar-refractivity contribution is 7.92. The second-order valence-corrected chi connectivity index (χ2v) is 11.7. The molecule has 0 aromatic heterocycles. The molecule has 0 radical (unpaired) electrons. The van der Waals surface area contributed by atoms with Crippen molar-refractivity contribution in [1.82, 2.24) is 10.2 Å². The molecule has 9 nitrogen and oxygen atoms in total. The number of para-hydroxylation sites is 2. The van der Waals surface area contributed by atoms with Crippen LogP contribution in [0.4, 0.5) is 5.69 Å². The molecule has 0 aliphatic carbocycles. The Morgan fingerprint density at radius 1 is 0.927 bits per heavy atom. The minimum Gasteiger partial charge on any atom is -0.497 e. The molecule has 3 aromatic rings. The predicted octanol–water partition coefficient (Wildman–Crippen LogP) is 4.88. The highest BCUT2D eigenvalue weighted by Gasteiger charge is 2.34. The van der Waals surface area contributed by atoms with Gasteiger partial charge in [0.2, 0.25) is 11.8 Å². The molecule has 0 saturated carbocycles. The fraction of sp³-hybridized carbons (Fsp3) is 0.333. The van der Waals surface area contributed by atoms with Crippen LogP contribution < -0.4 is 19.1 Å². The maximum atomic E-state index is 14.1. The van der Waals surface area contributed by atoms with Gasteiger partial charge in [-0.05, 0) is 68.3 Å². The van der Waals surface area contributed by atoms with E-state index < -0.39 is 28.5 Å². The van der Waals surface area contributed by atoms with Crippen LogP contribution in [0.1, 0.15) is 32.8 Å². The summed E-state index contributed by atoms with van der Waals surface area (Å²) in [4.78, 5) is 28.5. The molecule has 0 heterocycles. The van der Waals surface area contributed by atoms with E-state index in [0.717, 1.165) is 4.31 Å². The fourth-order valence-corrected chi connectivity index (χ4v) is 5.70. The van der Waals surface area contributed by atoms with Crippen molar-refractivity contribution in [3.8, 4) is 11.5 Å². The van der Waals surface area contributed by atoms with Crippen LogP contribution in [0.2, 0.25) is 5.02 Å². The van der Waals surface area contributed by atoms with E-state index in [2.05, 4.69) is 5.32 Å². The minimum absolute atomic E-state index is 0.00402. The maximum Gasteiger partial charge on any atom is 0.264 e. The Hall–Kier alpha value is -3.76. The molecule has 0 fully saturated rings. The highest BCUT2D eigenvalue weighted by Crippen LogP contribution is 2.33. The first-order valence-corrected chi connectivity index (χ1v) is 15.0. The molecule has 0 aliphatic rings. The number of anilines is 1. The lowest BCUT2D eigenvalue weighted by Gasteiger charge is -2.33. The quantitative estimate of drug-likeness (QED) is 0.299. The van der Waals surface area contributed by atoms with Crippen LogP contribution in [0.25, 0.3) is 0 Å². The van der Waals surface area contributed by atoms with Gasteiger partial charge in [0.05, 0.1) is 24.8 Å². The molecule has 0 bridgehead atoms. The maximum absolute atomic E-state index is 14.1. The SMILES string of the molecule is CC[C@@H](C)NC(=O)[C@@H](C)N(Cc1ccccc1Cl)C(=O)CN(c1ccccc1OC)S(=O)(=O)c1ccc(OC)cc1. The molecule has 41 heavy (non-hydrogen) atoms. The van der Waals surface area contributed by atoms with Gasteiger partial charge >= 0.3 is 0 Å². The minimum atomic E-state index is -4.27. The van der Waals surface area contributed by atoms with Crippen molar-refractivity contribution in [2.45, 2.75) is 50.7 Å². The monoisotopic (exact) mass is 601 g/mol. The average Bonchev–Trinajstić information content (AvgIpc) is 2.98. The number of methoxy groups -OCH3 is 2. The molecule has 0 saturated heterocycles. The largest absolute Gasteiger partial charge is 0.497 e. The van der Waals surface area contributed by atoms with E-state index in [-0.39, 0.29) is 34.8 Å². The smallest absolute Gasteiger partial charge is 0.264 e. The van der Waals surface area contributed by atoms with Crippen LogP contribution in [0, 0.1) is 0 Å². The second kappa shape index (κ2) is 14.2. The van der Waals surface area contributed by atoms with Gasteiger partial charge in [0.25, 0.3) is 10.0 Å². The molecule has 220 valence electrons. The number of benzene rings is 3. The predicted molar refractivity (Wildman–Crippen MR) is 160 cm³/mol. The van der Waals surface area contributed by atoms with Crippen LogP contribution in [0.5, 0.6) is 11.5 Å². The Morgan fingerprint density at radius 3 is 2.17 bits per heavy atom. The first-order valence-electron chi connectivity index (χ1n) is 13.2. The summed E-state index contributed by atoms with van der Waals surface area (Å²) in [6, 6.07) is 18.4. The summed E-state index contributed by atoms with van der Waals surface area (Å²) < 4.78 is 39.7. The Balaban J connectivity index is 2.08.